The van der Waals surface area contributed by atoms with E-state index in [9.17, 15) is 4.79 Å². The smallest absolute Gasteiger partial charge is 0.231 e. The zero-order valence-electron chi connectivity index (χ0n) is 12.8. The third kappa shape index (κ3) is 2.47. The van der Waals surface area contributed by atoms with Crippen LogP contribution in [0.2, 0.25) is 0 Å². The Labute approximate surface area is 125 Å². The summed E-state index contributed by atoms with van der Waals surface area (Å²) in [5.74, 6) is 2.91. The molecule has 2 aliphatic carbocycles. The first kappa shape index (κ1) is 13.3. The first-order valence-electron chi connectivity index (χ1n) is 8.17. The van der Waals surface area contributed by atoms with Crippen LogP contribution in [0, 0.1) is 11.3 Å². The zero-order valence-corrected chi connectivity index (χ0v) is 12.8. The van der Waals surface area contributed by atoms with Crippen molar-refractivity contribution in [3.8, 4) is 0 Å². The van der Waals surface area contributed by atoms with E-state index in [-0.39, 0.29) is 5.92 Å². The Hall–Kier alpha value is -1.39. The first-order chi connectivity index (χ1) is 10.0. The number of hydrogen-bond acceptors (Lipinski definition) is 4. The lowest BCUT2D eigenvalue weighted by atomic mass is 9.97. The normalized spacial score (nSPS) is 31.2. The molecule has 1 aromatic heterocycles. The maximum Gasteiger partial charge on any atom is 0.231 e. The summed E-state index contributed by atoms with van der Waals surface area (Å²) in [6.07, 6.45) is 5.37. The van der Waals surface area contributed by atoms with Gasteiger partial charge in [0.25, 0.3) is 0 Å². The number of amides is 1. The number of likely N-dealkylation sites (tertiary alicyclic amines) is 1. The Morgan fingerprint density at radius 3 is 2.76 bits per heavy atom. The second-order valence-electron chi connectivity index (χ2n) is 7.63. The van der Waals surface area contributed by atoms with Crippen LogP contribution in [0.15, 0.2) is 4.52 Å². The number of rotatable bonds is 3. The monoisotopic (exact) mass is 289 g/mol. The van der Waals surface area contributed by atoms with Gasteiger partial charge in [0.1, 0.15) is 0 Å². The quantitative estimate of drug-likeness (QED) is 0.858. The van der Waals surface area contributed by atoms with E-state index >= 15 is 0 Å². The molecule has 0 radical (unpaired) electrons. The fourth-order valence-electron chi connectivity index (χ4n) is 3.43. The molecule has 5 heteroatoms. The second kappa shape index (κ2) is 4.55. The molecule has 1 aromatic rings. The fourth-order valence-corrected chi connectivity index (χ4v) is 3.43. The molecule has 21 heavy (non-hydrogen) atoms. The topological polar surface area (TPSA) is 59.2 Å². The van der Waals surface area contributed by atoms with E-state index in [1.807, 2.05) is 4.90 Å². The van der Waals surface area contributed by atoms with Crippen molar-refractivity contribution < 1.29 is 9.32 Å². The Morgan fingerprint density at radius 2 is 2.10 bits per heavy atom. The highest BCUT2D eigenvalue weighted by Crippen LogP contribution is 2.57. The number of hydrogen-bond donors (Lipinski definition) is 0. The molecule has 5 nitrogen and oxygen atoms in total. The summed E-state index contributed by atoms with van der Waals surface area (Å²) in [7, 11) is 0. The van der Waals surface area contributed by atoms with Gasteiger partial charge < -0.3 is 9.42 Å². The fraction of sp³-hybridized carbons (Fsp3) is 0.812. The molecular weight excluding hydrogens is 266 g/mol. The molecule has 2 heterocycles. The molecule has 2 atom stereocenters. The van der Waals surface area contributed by atoms with Crippen LogP contribution in [-0.2, 0) is 4.79 Å². The van der Waals surface area contributed by atoms with E-state index in [1.165, 1.54) is 0 Å². The van der Waals surface area contributed by atoms with Gasteiger partial charge in [-0.15, -0.1) is 0 Å². The van der Waals surface area contributed by atoms with E-state index in [0.29, 0.717) is 23.2 Å². The number of carbonyl (C=O) groups is 1. The molecule has 0 bridgehead atoms. The molecule has 1 amide bonds. The van der Waals surface area contributed by atoms with Crippen LogP contribution >= 0.6 is 0 Å². The molecule has 3 aliphatic rings. The van der Waals surface area contributed by atoms with Gasteiger partial charge in [0.2, 0.25) is 11.8 Å². The standard InChI is InChI=1S/C16H23N3O2/c1-16(2)8-12(16)13-17-14(21-18-13)11-4-3-7-19(9-11)15(20)10-5-6-10/h10-12H,3-9H2,1-2H3/t11-,12-/m1/s1. The Bertz CT molecular complexity index is 562. The van der Waals surface area contributed by atoms with Gasteiger partial charge in [-0.3, -0.25) is 4.79 Å². The van der Waals surface area contributed by atoms with Crippen molar-refractivity contribution in [2.75, 3.05) is 13.1 Å². The van der Waals surface area contributed by atoms with Crippen LogP contribution in [-0.4, -0.2) is 34.0 Å². The molecule has 0 unspecified atom stereocenters. The summed E-state index contributed by atoms with van der Waals surface area (Å²) in [5, 5.41) is 4.18. The van der Waals surface area contributed by atoms with Gasteiger partial charge >= 0.3 is 0 Å². The molecular formula is C16H23N3O2. The third-order valence-corrected chi connectivity index (χ3v) is 5.29. The van der Waals surface area contributed by atoms with Crippen LogP contribution in [0.3, 0.4) is 0 Å². The summed E-state index contributed by atoms with van der Waals surface area (Å²) in [6, 6.07) is 0. The lowest BCUT2D eigenvalue weighted by Gasteiger charge is -2.31. The van der Waals surface area contributed by atoms with E-state index in [1.54, 1.807) is 0 Å². The molecule has 0 spiro atoms. The van der Waals surface area contributed by atoms with E-state index in [4.69, 9.17) is 4.52 Å². The highest BCUT2D eigenvalue weighted by molar-refractivity contribution is 5.81. The van der Waals surface area contributed by atoms with E-state index in [0.717, 1.165) is 56.9 Å². The Morgan fingerprint density at radius 1 is 1.33 bits per heavy atom. The van der Waals surface area contributed by atoms with Crippen LogP contribution in [0.5, 0.6) is 0 Å². The lowest BCUT2D eigenvalue weighted by molar-refractivity contribution is -0.133. The van der Waals surface area contributed by atoms with Crippen LogP contribution < -0.4 is 0 Å². The molecule has 0 N–H and O–H groups in total. The number of aromatic nitrogens is 2. The van der Waals surface area contributed by atoms with Crippen molar-refractivity contribution in [1.82, 2.24) is 15.0 Å². The van der Waals surface area contributed by atoms with Crippen molar-refractivity contribution in [3.63, 3.8) is 0 Å². The van der Waals surface area contributed by atoms with Crippen molar-refractivity contribution in [2.45, 2.75) is 57.8 Å². The lowest BCUT2D eigenvalue weighted by Crippen LogP contribution is -2.40. The van der Waals surface area contributed by atoms with Gasteiger partial charge in [-0.25, -0.2) is 0 Å². The summed E-state index contributed by atoms with van der Waals surface area (Å²) in [5.41, 5.74) is 0.321. The predicted molar refractivity (Wildman–Crippen MR) is 76.7 cm³/mol. The van der Waals surface area contributed by atoms with Crippen LogP contribution in [0.25, 0.3) is 0 Å². The molecule has 1 saturated heterocycles. The van der Waals surface area contributed by atoms with Crippen LogP contribution in [0.4, 0.5) is 0 Å². The molecule has 4 rings (SSSR count). The maximum atomic E-state index is 12.2. The third-order valence-electron chi connectivity index (χ3n) is 5.29. The molecule has 114 valence electrons. The largest absolute Gasteiger partial charge is 0.342 e. The van der Waals surface area contributed by atoms with Gasteiger partial charge in [0.15, 0.2) is 5.82 Å². The average Bonchev–Trinajstić information content (AvgIpc) is 3.37. The Kier molecular flexibility index (Phi) is 2.88. The molecule has 1 aliphatic heterocycles. The zero-order chi connectivity index (χ0) is 14.6. The predicted octanol–water partition coefficient (Wildman–Crippen LogP) is 2.70. The summed E-state index contributed by atoms with van der Waals surface area (Å²) in [6.45, 7) is 6.13. The minimum atomic E-state index is 0.226. The van der Waals surface area contributed by atoms with Crippen LogP contribution in [0.1, 0.15) is 69.5 Å². The number of nitrogens with zero attached hydrogens (tertiary/aromatic N) is 3. The first-order valence-corrected chi connectivity index (χ1v) is 8.17. The highest BCUT2D eigenvalue weighted by atomic mass is 16.5. The van der Waals surface area contributed by atoms with Crippen molar-refractivity contribution >= 4 is 5.91 Å². The van der Waals surface area contributed by atoms with E-state index in [2.05, 4.69) is 24.0 Å². The van der Waals surface area contributed by atoms with Crippen molar-refractivity contribution in [1.29, 1.82) is 0 Å². The minimum Gasteiger partial charge on any atom is -0.342 e. The maximum absolute atomic E-state index is 12.2. The minimum absolute atomic E-state index is 0.226. The summed E-state index contributed by atoms with van der Waals surface area (Å²) < 4.78 is 5.50. The second-order valence-corrected chi connectivity index (χ2v) is 7.63. The van der Waals surface area contributed by atoms with Gasteiger partial charge in [-0.05, 0) is 37.5 Å². The highest BCUT2D eigenvalue weighted by Gasteiger charge is 2.49. The molecule has 3 fully saturated rings. The number of piperidine rings is 1. The van der Waals surface area contributed by atoms with Gasteiger partial charge in [-0.2, -0.15) is 4.98 Å². The Balaban J connectivity index is 1.44. The SMILES string of the molecule is CC1(C)C[C@@H]1c1noc([C@@H]2CCCN(C(=O)C3CC3)C2)n1. The van der Waals surface area contributed by atoms with Gasteiger partial charge in [0.05, 0.1) is 5.92 Å². The summed E-state index contributed by atoms with van der Waals surface area (Å²) in [4.78, 5) is 18.8. The van der Waals surface area contributed by atoms with E-state index < -0.39 is 0 Å². The van der Waals surface area contributed by atoms with Gasteiger partial charge in [-0.1, -0.05) is 19.0 Å². The average molecular weight is 289 g/mol. The number of carbonyl (C=O) groups excluding carboxylic acids is 1. The molecule has 2 saturated carbocycles. The van der Waals surface area contributed by atoms with Gasteiger partial charge in [0, 0.05) is 24.9 Å². The summed E-state index contributed by atoms with van der Waals surface area (Å²) >= 11 is 0. The molecule has 0 aromatic carbocycles. The van der Waals surface area contributed by atoms with Crippen molar-refractivity contribution in [2.24, 2.45) is 11.3 Å². The van der Waals surface area contributed by atoms with Crippen molar-refractivity contribution in [3.05, 3.63) is 11.7 Å².